The Labute approximate surface area is 113 Å². The highest BCUT2D eigenvalue weighted by molar-refractivity contribution is 7.12. The van der Waals surface area contributed by atoms with Gasteiger partial charge >= 0.3 is 0 Å². The maximum Gasteiger partial charge on any atom is 0.104 e. The summed E-state index contributed by atoms with van der Waals surface area (Å²) in [5.74, 6) is 5.65. The SMILES string of the molecule is CN(C)C1CCN(Cc2ccc(C#CCO)s2)C1. The lowest BCUT2D eigenvalue weighted by Crippen LogP contribution is -2.31. The minimum absolute atomic E-state index is 0.0656. The number of thiophene rings is 1. The van der Waals surface area contributed by atoms with E-state index in [1.807, 2.05) is 6.07 Å². The van der Waals surface area contributed by atoms with Crippen molar-refractivity contribution >= 4 is 11.3 Å². The molecular formula is C14H20N2OS. The Kier molecular flexibility index (Phi) is 4.79. The van der Waals surface area contributed by atoms with Crippen LogP contribution in [0.3, 0.4) is 0 Å². The van der Waals surface area contributed by atoms with E-state index in [2.05, 4.69) is 41.8 Å². The van der Waals surface area contributed by atoms with Gasteiger partial charge in [-0.2, -0.15) is 0 Å². The van der Waals surface area contributed by atoms with E-state index in [0.29, 0.717) is 6.04 Å². The van der Waals surface area contributed by atoms with Gasteiger partial charge in [0.25, 0.3) is 0 Å². The van der Waals surface area contributed by atoms with Crippen LogP contribution in [-0.2, 0) is 6.54 Å². The van der Waals surface area contributed by atoms with Crippen molar-refractivity contribution < 1.29 is 5.11 Å². The van der Waals surface area contributed by atoms with Crippen LogP contribution in [0.25, 0.3) is 0 Å². The quantitative estimate of drug-likeness (QED) is 0.832. The van der Waals surface area contributed by atoms with Crippen molar-refractivity contribution in [3.05, 3.63) is 21.9 Å². The van der Waals surface area contributed by atoms with Crippen molar-refractivity contribution in [3.8, 4) is 11.8 Å². The van der Waals surface area contributed by atoms with Gasteiger partial charge in [0.1, 0.15) is 6.61 Å². The molecule has 1 N–H and O–H groups in total. The summed E-state index contributed by atoms with van der Waals surface area (Å²) in [6, 6.07) is 4.88. The van der Waals surface area contributed by atoms with Gasteiger partial charge in [0, 0.05) is 30.6 Å². The minimum atomic E-state index is -0.0656. The maximum absolute atomic E-state index is 8.66. The molecule has 0 saturated carbocycles. The van der Waals surface area contributed by atoms with E-state index in [4.69, 9.17) is 5.11 Å². The molecule has 1 aliphatic rings. The molecule has 1 aliphatic heterocycles. The molecule has 3 nitrogen and oxygen atoms in total. The zero-order valence-corrected chi connectivity index (χ0v) is 11.8. The second kappa shape index (κ2) is 6.35. The highest BCUT2D eigenvalue weighted by atomic mass is 32.1. The van der Waals surface area contributed by atoms with Crippen LogP contribution in [0, 0.1) is 11.8 Å². The molecule has 1 aromatic rings. The Bertz CT molecular complexity index is 444. The van der Waals surface area contributed by atoms with Gasteiger partial charge in [-0.1, -0.05) is 11.8 Å². The van der Waals surface area contributed by atoms with Gasteiger partial charge in [-0.05, 0) is 32.6 Å². The third kappa shape index (κ3) is 3.56. The molecule has 0 bridgehead atoms. The van der Waals surface area contributed by atoms with Crippen molar-refractivity contribution in [1.82, 2.24) is 9.80 Å². The fourth-order valence-electron chi connectivity index (χ4n) is 2.25. The molecule has 98 valence electrons. The summed E-state index contributed by atoms with van der Waals surface area (Å²) in [6.45, 7) is 3.29. The Hall–Kier alpha value is -0.860. The first kappa shape index (κ1) is 13.6. The van der Waals surface area contributed by atoms with Crippen LogP contribution in [0.2, 0.25) is 0 Å². The van der Waals surface area contributed by atoms with Gasteiger partial charge in [0.05, 0.1) is 4.88 Å². The lowest BCUT2D eigenvalue weighted by Gasteiger charge is -2.19. The molecule has 4 heteroatoms. The molecule has 1 unspecified atom stereocenters. The van der Waals surface area contributed by atoms with E-state index in [-0.39, 0.29) is 6.61 Å². The zero-order valence-electron chi connectivity index (χ0n) is 11.0. The van der Waals surface area contributed by atoms with Gasteiger partial charge in [-0.3, -0.25) is 4.90 Å². The minimum Gasteiger partial charge on any atom is -0.384 e. The van der Waals surface area contributed by atoms with E-state index in [0.717, 1.165) is 18.0 Å². The van der Waals surface area contributed by atoms with Crippen LogP contribution in [-0.4, -0.2) is 54.7 Å². The third-order valence-corrected chi connectivity index (χ3v) is 4.29. The number of rotatable bonds is 3. The normalized spacial score (nSPS) is 20.1. The summed E-state index contributed by atoms with van der Waals surface area (Å²) < 4.78 is 0. The summed E-state index contributed by atoms with van der Waals surface area (Å²) in [6.07, 6.45) is 1.26. The first-order chi connectivity index (χ1) is 8.69. The topological polar surface area (TPSA) is 26.7 Å². The number of likely N-dealkylation sites (tertiary alicyclic amines) is 1. The molecule has 0 aliphatic carbocycles. The third-order valence-electron chi connectivity index (χ3n) is 3.31. The average molecular weight is 264 g/mol. The van der Waals surface area contributed by atoms with Gasteiger partial charge in [0.2, 0.25) is 0 Å². The summed E-state index contributed by atoms with van der Waals surface area (Å²) in [7, 11) is 4.31. The molecule has 1 atom stereocenters. The predicted octanol–water partition coefficient (Wildman–Crippen LogP) is 1.23. The van der Waals surface area contributed by atoms with Gasteiger partial charge in [-0.25, -0.2) is 0 Å². The number of aliphatic hydroxyl groups is 1. The van der Waals surface area contributed by atoms with Gasteiger partial charge in [0.15, 0.2) is 0 Å². The van der Waals surface area contributed by atoms with Crippen molar-refractivity contribution in [2.45, 2.75) is 19.0 Å². The number of hydrogen-bond donors (Lipinski definition) is 1. The van der Waals surface area contributed by atoms with Crippen LogP contribution in [0.15, 0.2) is 12.1 Å². The molecular weight excluding hydrogens is 244 g/mol. The first-order valence-corrected chi connectivity index (χ1v) is 7.08. The Morgan fingerprint density at radius 1 is 1.50 bits per heavy atom. The van der Waals surface area contributed by atoms with E-state index >= 15 is 0 Å². The monoisotopic (exact) mass is 264 g/mol. The molecule has 1 saturated heterocycles. The second-order valence-electron chi connectivity index (χ2n) is 4.87. The number of aliphatic hydroxyl groups excluding tert-OH is 1. The lowest BCUT2D eigenvalue weighted by atomic mass is 10.2. The summed E-state index contributed by atoms with van der Waals surface area (Å²) in [4.78, 5) is 7.21. The van der Waals surface area contributed by atoms with E-state index in [9.17, 15) is 0 Å². The molecule has 0 aromatic carbocycles. The fraction of sp³-hybridized carbons (Fsp3) is 0.571. The van der Waals surface area contributed by atoms with Gasteiger partial charge in [-0.15, -0.1) is 11.3 Å². The fourth-order valence-corrected chi connectivity index (χ4v) is 3.18. The average Bonchev–Trinajstić information content (AvgIpc) is 2.96. The van der Waals surface area contributed by atoms with E-state index in [1.54, 1.807) is 11.3 Å². The second-order valence-corrected chi connectivity index (χ2v) is 6.04. The first-order valence-electron chi connectivity index (χ1n) is 6.26. The van der Waals surface area contributed by atoms with Crippen molar-refractivity contribution in [2.24, 2.45) is 0 Å². The number of hydrogen-bond acceptors (Lipinski definition) is 4. The standard InChI is InChI=1S/C14H20N2OS/c1-15(2)12-7-8-16(10-12)11-14-6-5-13(18-14)4-3-9-17/h5-6,12,17H,7-11H2,1-2H3. The van der Waals surface area contributed by atoms with Gasteiger partial charge < -0.3 is 10.0 Å². The smallest absolute Gasteiger partial charge is 0.104 e. The molecule has 0 radical (unpaired) electrons. The van der Waals surface area contributed by atoms with Crippen molar-refractivity contribution in [3.63, 3.8) is 0 Å². The van der Waals surface area contributed by atoms with Crippen LogP contribution in [0.1, 0.15) is 16.2 Å². The Balaban J connectivity index is 1.89. The van der Waals surface area contributed by atoms with Crippen LogP contribution in [0.5, 0.6) is 0 Å². The van der Waals surface area contributed by atoms with Crippen LogP contribution in [0.4, 0.5) is 0 Å². The zero-order chi connectivity index (χ0) is 13.0. The van der Waals surface area contributed by atoms with Crippen molar-refractivity contribution in [1.29, 1.82) is 0 Å². The molecule has 1 aromatic heterocycles. The highest BCUT2D eigenvalue weighted by Gasteiger charge is 2.23. The Morgan fingerprint density at radius 3 is 3.00 bits per heavy atom. The molecule has 0 amide bonds. The molecule has 0 spiro atoms. The lowest BCUT2D eigenvalue weighted by molar-refractivity contribution is 0.266. The van der Waals surface area contributed by atoms with Crippen LogP contribution < -0.4 is 0 Å². The molecule has 18 heavy (non-hydrogen) atoms. The summed E-state index contributed by atoms with van der Waals surface area (Å²) in [5.41, 5.74) is 0. The molecule has 2 heterocycles. The van der Waals surface area contributed by atoms with E-state index < -0.39 is 0 Å². The number of likely N-dealkylation sites (N-methyl/N-ethyl adjacent to an activating group) is 1. The Morgan fingerprint density at radius 2 is 2.33 bits per heavy atom. The number of nitrogens with zero attached hydrogens (tertiary/aromatic N) is 2. The maximum atomic E-state index is 8.66. The largest absolute Gasteiger partial charge is 0.384 e. The van der Waals surface area contributed by atoms with Crippen LogP contribution >= 0.6 is 11.3 Å². The van der Waals surface area contributed by atoms with Crippen molar-refractivity contribution in [2.75, 3.05) is 33.8 Å². The highest BCUT2D eigenvalue weighted by Crippen LogP contribution is 2.21. The molecule has 2 rings (SSSR count). The summed E-state index contributed by atoms with van der Waals surface area (Å²) in [5, 5.41) is 8.66. The predicted molar refractivity (Wildman–Crippen MR) is 75.7 cm³/mol. The summed E-state index contributed by atoms with van der Waals surface area (Å²) >= 11 is 1.73. The molecule has 1 fully saturated rings. The van der Waals surface area contributed by atoms with E-state index in [1.165, 1.54) is 17.8 Å².